The largest absolute Gasteiger partial charge is 0.508 e. The molecule has 0 amide bonds. The van der Waals surface area contributed by atoms with Crippen molar-refractivity contribution in [2.45, 2.75) is 26.3 Å². The van der Waals surface area contributed by atoms with E-state index in [1.54, 1.807) is 12.1 Å². The van der Waals surface area contributed by atoms with Gasteiger partial charge in [0, 0.05) is 23.1 Å². The molecule has 0 saturated carbocycles. The van der Waals surface area contributed by atoms with Gasteiger partial charge in [-0.1, -0.05) is 25.1 Å². The lowest BCUT2D eigenvalue weighted by atomic mass is 9.99. The van der Waals surface area contributed by atoms with Crippen molar-refractivity contribution in [3.63, 3.8) is 0 Å². The molecule has 2 aromatic carbocycles. The molecule has 0 bridgehead atoms. The monoisotopic (exact) mass is 345 g/mol. The molecule has 1 aromatic heterocycles. The predicted molar refractivity (Wildman–Crippen MR) is 101 cm³/mol. The number of hydrogen-bond donors (Lipinski definition) is 2. The highest BCUT2D eigenvalue weighted by molar-refractivity contribution is 5.95. The summed E-state index contributed by atoms with van der Waals surface area (Å²) in [6, 6.07) is 17.3. The van der Waals surface area contributed by atoms with Gasteiger partial charge in [-0.25, -0.2) is 0 Å². The van der Waals surface area contributed by atoms with Gasteiger partial charge >= 0.3 is 0 Å². The third-order valence-corrected chi connectivity index (χ3v) is 4.76. The maximum atomic E-state index is 9.94. The first-order chi connectivity index (χ1) is 12.7. The summed E-state index contributed by atoms with van der Waals surface area (Å²) in [5, 5.41) is 20.5. The second-order valence-electron chi connectivity index (χ2n) is 6.34. The first kappa shape index (κ1) is 16.2. The number of nitrogens with one attached hydrogen (secondary N) is 1. The fourth-order valence-corrected chi connectivity index (χ4v) is 3.59. The summed E-state index contributed by atoms with van der Waals surface area (Å²) < 4.78 is 2.07. The zero-order valence-electron chi connectivity index (χ0n) is 14.7. The van der Waals surface area contributed by atoms with Crippen molar-refractivity contribution in [3.05, 3.63) is 65.5 Å². The summed E-state index contributed by atoms with van der Waals surface area (Å²) in [4.78, 5) is 5.65. The smallest absolute Gasteiger partial charge is 0.131 e. The highest BCUT2D eigenvalue weighted by Gasteiger charge is 2.31. The van der Waals surface area contributed by atoms with E-state index in [0.717, 1.165) is 40.0 Å². The first-order valence-electron chi connectivity index (χ1n) is 8.64. The lowest BCUT2D eigenvalue weighted by Gasteiger charge is -2.14. The van der Waals surface area contributed by atoms with Crippen LogP contribution in [0.4, 0.5) is 0 Å². The fraction of sp³-hybridized carbons (Fsp3) is 0.190. The highest BCUT2D eigenvalue weighted by Crippen LogP contribution is 2.38. The molecule has 1 unspecified atom stereocenters. The molecule has 2 N–H and O–H groups in total. The van der Waals surface area contributed by atoms with Crippen LogP contribution in [0.5, 0.6) is 5.75 Å². The van der Waals surface area contributed by atoms with Gasteiger partial charge in [-0.2, -0.15) is 5.26 Å². The normalized spacial score (nSPS) is 16.7. The molecule has 0 aliphatic carbocycles. The van der Waals surface area contributed by atoms with Crippen LogP contribution < -0.4 is 5.48 Å². The zero-order chi connectivity index (χ0) is 18.3. The van der Waals surface area contributed by atoms with Crippen LogP contribution in [-0.4, -0.2) is 15.7 Å². The highest BCUT2D eigenvalue weighted by atomic mass is 16.7. The number of para-hydroxylation sites is 1. The van der Waals surface area contributed by atoms with E-state index in [0.29, 0.717) is 5.56 Å². The number of allylic oxidation sites excluding steroid dienone is 1. The number of aromatic nitrogens is 1. The summed E-state index contributed by atoms with van der Waals surface area (Å²) in [5.74, 6) is 1.05. The molecule has 3 aromatic rings. The Bertz CT molecular complexity index is 1060. The molecule has 1 aliphatic heterocycles. The van der Waals surface area contributed by atoms with E-state index in [1.165, 1.54) is 0 Å². The van der Waals surface area contributed by atoms with Crippen LogP contribution >= 0.6 is 0 Å². The van der Waals surface area contributed by atoms with E-state index >= 15 is 0 Å². The molecule has 4 rings (SSSR count). The van der Waals surface area contributed by atoms with E-state index in [-0.39, 0.29) is 11.8 Å². The zero-order valence-corrected chi connectivity index (χ0v) is 14.7. The summed E-state index contributed by atoms with van der Waals surface area (Å²) >= 11 is 0. The maximum Gasteiger partial charge on any atom is 0.131 e. The van der Waals surface area contributed by atoms with Crippen molar-refractivity contribution in [1.29, 1.82) is 5.26 Å². The van der Waals surface area contributed by atoms with Crippen molar-refractivity contribution in [3.8, 4) is 17.5 Å². The standard InChI is InChI=1S/C21H19N3O2/c1-3-19-20(13(2)23-26-19)21-17(12-22)16-6-4-5-7-18(16)24(21)14-8-10-15(25)11-9-14/h4-11,13,23,25H,3H2,1-2H3. The minimum absolute atomic E-state index is 0.0303. The molecule has 0 fully saturated rings. The van der Waals surface area contributed by atoms with E-state index in [1.807, 2.05) is 50.2 Å². The van der Waals surface area contributed by atoms with Gasteiger partial charge in [0.1, 0.15) is 17.6 Å². The average Bonchev–Trinajstić information content (AvgIpc) is 3.19. The Hall–Kier alpha value is -3.23. The van der Waals surface area contributed by atoms with Gasteiger partial charge in [-0.3, -0.25) is 0 Å². The van der Waals surface area contributed by atoms with E-state index in [9.17, 15) is 10.4 Å². The van der Waals surface area contributed by atoms with E-state index in [2.05, 4.69) is 16.1 Å². The van der Waals surface area contributed by atoms with Crippen LogP contribution in [0.1, 0.15) is 31.5 Å². The van der Waals surface area contributed by atoms with Crippen molar-refractivity contribution in [2.24, 2.45) is 0 Å². The van der Waals surface area contributed by atoms with Crippen LogP contribution in [0.3, 0.4) is 0 Å². The van der Waals surface area contributed by atoms with Gasteiger partial charge in [0.05, 0.1) is 22.8 Å². The van der Waals surface area contributed by atoms with Gasteiger partial charge in [0.25, 0.3) is 0 Å². The summed E-state index contributed by atoms with van der Waals surface area (Å²) in [6.45, 7) is 4.06. The van der Waals surface area contributed by atoms with Gasteiger partial charge in [0.15, 0.2) is 0 Å². The van der Waals surface area contributed by atoms with Crippen molar-refractivity contribution < 1.29 is 9.94 Å². The summed E-state index contributed by atoms with van der Waals surface area (Å²) in [5.41, 5.74) is 7.32. The number of rotatable bonds is 3. The predicted octanol–water partition coefficient (Wildman–Crippen LogP) is 4.25. The number of fused-ring (bicyclic) bond motifs is 1. The van der Waals surface area contributed by atoms with Crippen molar-refractivity contribution >= 4 is 16.5 Å². The minimum atomic E-state index is -0.0303. The Morgan fingerprint density at radius 2 is 1.92 bits per heavy atom. The number of hydroxylamine groups is 1. The molecule has 0 radical (unpaired) electrons. The molecule has 130 valence electrons. The van der Waals surface area contributed by atoms with Crippen LogP contribution in [0.25, 0.3) is 22.2 Å². The van der Waals surface area contributed by atoms with E-state index < -0.39 is 0 Å². The number of phenols is 1. The summed E-state index contributed by atoms with van der Waals surface area (Å²) in [6.07, 6.45) is 0.731. The minimum Gasteiger partial charge on any atom is -0.508 e. The first-order valence-corrected chi connectivity index (χ1v) is 8.64. The Kier molecular flexibility index (Phi) is 3.90. The number of nitriles is 1. The molecule has 2 heterocycles. The Labute approximate surface area is 151 Å². The quantitative estimate of drug-likeness (QED) is 0.744. The fourth-order valence-electron chi connectivity index (χ4n) is 3.59. The third-order valence-electron chi connectivity index (χ3n) is 4.76. The molecule has 1 aliphatic rings. The molecule has 26 heavy (non-hydrogen) atoms. The van der Waals surface area contributed by atoms with E-state index in [4.69, 9.17) is 4.84 Å². The van der Waals surface area contributed by atoms with Crippen LogP contribution in [0.2, 0.25) is 0 Å². The summed E-state index contributed by atoms with van der Waals surface area (Å²) in [7, 11) is 0. The molecule has 1 atom stereocenters. The second kappa shape index (κ2) is 6.25. The third kappa shape index (κ3) is 2.35. The van der Waals surface area contributed by atoms with Crippen LogP contribution in [0, 0.1) is 11.3 Å². The number of phenolic OH excluding ortho intramolecular Hbond substituents is 1. The van der Waals surface area contributed by atoms with Gasteiger partial charge in [-0.05, 0) is 37.3 Å². The lowest BCUT2D eigenvalue weighted by molar-refractivity contribution is 0.115. The average molecular weight is 345 g/mol. The number of nitrogens with zero attached hydrogens (tertiary/aromatic N) is 2. The molecule has 5 nitrogen and oxygen atoms in total. The number of benzene rings is 2. The number of aromatic hydroxyl groups is 1. The molecule has 5 heteroatoms. The maximum absolute atomic E-state index is 9.94. The van der Waals surface area contributed by atoms with Gasteiger partial charge in [-0.15, -0.1) is 5.48 Å². The number of hydrogen-bond acceptors (Lipinski definition) is 4. The Balaban J connectivity index is 2.13. The van der Waals surface area contributed by atoms with Crippen molar-refractivity contribution in [2.75, 3.05) is 0 Å². The molecular formula is C21H19N3O2. The Morgan fingerprint density at radius 1 is 1.19 bits per heavy atom. The molecule has 0 saturated heterocycles. The van der Waals surface area contributed by atoms with Gasteiger partial charge < -0.3 is 14.5 Å². The SMILES string of the molecule is CCC1=C(c2c(C#N)c3ccccc3n2-c2ccc(O)cc2)C(C)NO1. The van der Waals surface area contributed by atoms with Crippen LogP contribution in [0.15, 0.2) is 54.3 Å². The molecular weight excluding hydrogens is 326 g/mol. The van der Waals surface area contributed by atoms with Crippen LogP contribution in [-0.2, 0) is 4.84 Å². The lowest BCUT2D eigenvalue weighted by Crippen LogP contribution is -2.20. The second-order valence-corrected chi connectivity index (χ2v) is 6.34. The van der Waals surface area contributed by atoms with Gasteiger partial charge in [0.2, 0.25) is 0 Å². The molecule has 0 spiro atoms. The van der Waals surface area contributed by atoms with Crippen molar-refractivity contribution in [1.82, 2.24) is 10.0 Å². The topological polar surface area (TPSA) is 70.2 Å². The Morgan fingerprint density at radius 3 is 2.62 bits per heavy atom.